The number of benzene rings is 1. The van der Waals surface area contributed by atoms with Gasteiger partial charge in [0.1, 0.15) is 0 Å². The summed E-state index contributed by atoms with van der Waals surface area (Å²) in [4.78, 5) is 11.6. The van der Waals surface area contributed by atoms with Gasteiger partial charge in [-0.3, -0.25) is 4.79 Å². The smallest absolute Gasteiger partial charge is 0.257 e. The monoisotopic (exact) mass is 265 g/mol. The Labute approximate surface area is 112 Å². The Morgan fingerprint density at radius 3 is 2.84 bits per heavy atom. The molecule has 0 saturated heterocycles. The molecule has 0 aliphatic heterocycles. The highest BCUT2D eigenvalue weighted by molar-refractivity contribution is 5.77. The Bertz CT molecular complexity index is 443. The van der Waals surface area contributed by atoms with Crippen LogP contribution in [0.3, 0.4) is 0 Å². The number of nitrogens with one attached hydrogen (secondary N) is 1. The number of methoxy groups -OCH3 is 1. The molecule has 1 amide bonds. The fourth-order valence-electron chi connectivity index (χ4n) is 1.70. The molecule has 0 atom stereocenters. The van der Waals surface area contributed by atoms with Crippen molar-refractivity contribution < 1.29 is 19.4 Å². The van der Waals surface area contributed by atoms with Gasteiger partial charge in [-0.05, 0) is 36.5 Å². The topological polar surface area (TPSA) is 67.8 Å². The van der Waals surface area contributed by atoms with Crippen LogP contribution in [-0.4, -0.2) is 31.3 Å². The molecule has 1 aliphatic rings. The van der Waals surface area contributed by atoms with E-state index in [9.17, 15) is 4.79 Å². The van der Waals surface area contributed by atoms with E-state index in [4.69, 9.17) is 14.6 Å². The number of aliphatic hydroxyl groups is 1. The van der Waals surface area contributed by atoms with Crippen molar-refractivity contribution in [2.75, 3.05) is 20.3 Å². The molecule has 0 heterocycles. The Kier molecular flexibility index (Phi) is 4.63. The van der Waals surface area contributed by atoms with E-state index in [1.165, 1.54) is 20.0 Å². The Hall–Kier alpha value is -1.75. The zero-order valence-electron chi connectivity index (χ0n) is 11.0. The van der Waals surface area contributed by atoms with Gasteiger partial charge in [0.05, 0.1) is 13.7 Å². The van der Waals surface area contributed by atoms with Gasteiger partial charge in [0.25, 0.3) is 5.91 Å². The number of carbonyl (C=O) groups excluding carboxylic acids is 1. The number of hydrogen-bond acceptors (Lipinski definition) is 4. The van der Waals surface area contributed by atoms with Crippen LogP contribution in [0.25, 0.3) is 0 Å². The van der Waals surface area contributed by atoms with Gasteiger partial charge in [-0.2, -0.15) is 0 Å². The second-order valence-electron chi connectivity index (χ2n) is 4.68. The average Bonchev–Trinajstić information content (AvgIpc) is 3.26. The molecule has 104 valence electrons. The van der Waals surface area contributed by atoms with Gasteiger partial charge in [0.15, 0.2) is 18.1 Å². The highest BCUT2D eigenvalue weighted by Crippen LogP contribution is 2.28. The molecule has 2 N–H and O–H groups in total. The number of ether oxygens (including phenoxy) is 2. The van der Waals surface area contributed by atoms with Crippen molar-refractivity contribution in [2.24, 2.45) is 5.92 Å². The predicted molar refractivity (Wildman–Crippen MR) is 70.1 cm³/mol. The molecule has 0 unspecified atom stereocenters. The SMILES string of the molecule is COc1cc(CO)ccc1OCC(=O)NCC1CC1. The maximum absolute atomic E-state index is 11.6. The lowest BCUT2D eigenvalue weighted by atomic mass is 10.2. The maximum Gasteiger partial charge on any atom is 0.257 e. The molecule has 1 aliphatic carbocycles. The van der Waals surface area contributed by atoms with Gasteiger partial charge in [-0.25, -0.2) is 0 Å². The first kappa shape index (κ1) is 13.7. The standard InChI is InChI=1S/C14H19NO4/c1-18-13-6-11(8-16)4-5-12(13)19-9-14(17)15-7-10-2-3-10/h4-6,10,16H,2-3,7-9H2,1H3,(H,15,17). The van der Waals surface area contributed by atoms with Gasteiger partial charge in [0, 0.05) is 6.54 Å². The van der Waals surface area contributed by atoms with Gasteiger partial charge in [0.2, 0.25) is 0 Å². The van der Waals surface area contributed by atoms with E-state index in [-0.39, 0.29) is 19.1 Å². The molecular formula is C14H19NO4. The summed E-state index contributed by atoms with van der Waals surface area (Å²) in [7, 11) is 1.52. The first-order chi connectivity index (χ1) is 9.22. The first-order valence-corrected chi connectivity index (χ1v) is 6.40. The second kappa shape index (κ2) is 6.43. The van der Waals surface area contributed by atoms with E-state index >= 15 is 0 Å². The van der Waals surface area contributed by atoms with Crippen LogP contribution < -0.4 is 14.8 Å². The normalized spacial score (nSPS) is 14.0. The van der Waals surface area contributed by atoms with Crippen molar-refractivity contribution in [3.8, 4) is 11.5 Å². The minimum atomic E-state index is -0.125. The van der Waals surface area contributed by atoms with Crippen LogP contribution in [0.2, 0.25) is 0 Å². The third-order valence-electron chi connectivity index (χ3n) is 3.05. The number of rotatable bonds is 7. The van der Waals surface area contributed by atoms with Crippen molar-refractivity contribution >= 4 is 5.91 Å². The molecule has 0 radical (unpaired) electrons. The van der Waals surface area contributed by atoms with E-state index in [0.29, 0.717) is 17.4 Å². The maximum atomic E-state index is 11.6. The average molecular weight is 265 g/mol. The van der Waals surface area contributed by atoms with Crippen molar-refractivity contribution in [3.63, 3.8) is 0 Å². The van der Waals surface area contributed by atoms with Crippen molar-refractivity contribution in [1.29, 1.82) is 0 Å². The third kappa shape index (κ3) is 4.13. The molecule has 2 rings (SSSR count). The van der Waals surface area contributed by atoms with Gasteiger partial charge < -0.3 is 19.9 Å². The summed E-state index contributed by atoms with van der Waals surface area (Å²) in [5.41, 5.74) is 0.738. The number of carbonyl (C=O) groups is 1. The molecule has 0 bridgehead atoms. The van der Waals surface area contributed by atoms with E-state index in [0.717, 1.165) is 12.1 Å². The summed E-state index contributed by atoms with van der Waals surface area (Å²) in [5.74, 6) is 1.55. The lowest BCUT2D eigenvalue weighted by Crippen LogP contribution is -2.30. The summed E-state index contributed by atoms with van der Waals surface area (Å²) in [6.45, 7) is 0.656. The first-order valence-electron chi connectivity index (χ1n) is 6.40. The zero-order valence-corrected chi connectivity index (χ0v) is 11.0. The van der Waals surface area contributed by atoms with Crippen LogP contribution >= 0.6 is 0 Å². The third-order valence-corrected chi connectivity index (χ3v) is 3.05. The van der Waals surface area contributed by atoms with Crippen molar-refractivity contribution in [2.45, 2.75) is 19.4 Å². The van der Waals surface area contributed by atoms with Gasteiger partial charge >= 0.3 is 0 Å². The summed E-state index contributed by atoms with van der Waals surface area (Å²) < 4.78 is 10.6. The molecular weight excluding hydrogens is 246 g/mol. The largest absolute Gasteiger partial charge is 0.493 e. The molecule has 1 fully saturated rings. The summed E-state index contributed by atoms with van der Waals surface area (Å²) >= 11 is 0. The van der Waals surface area contributed by atoms with Crippen LogP contribution in [0.4, 0.5) is 0 Å². The number of aliphatic hydroxyl groups excluding tert-OH is 1. The Morgan fingerprint density at radius 2 is 2.21 bits per heavy atom. The summed E-state index contributed by atoms with van der Waals surface area (Å²) in [6, 6.07) is 5.12. The fourth-order valence-corrected chi connectivity index (χ4v) is 1.70. The molecule has 1 saturated carbocycles. The molecule has 0 spiro atoms. The lowest BCUT2D eigenvalue weighted by molar-refractivity contribution is -0.123. The summed E-state index contributed by atoms with van der Waals surface area (Å²) in [6.07, 6.45) is 2.41. The van der Waals surface area contributed by atoms with E-state index in [2.05, 4.69) is 5.32 Å². The lowest BCUT2D eigenvalue weighted by Gasteiger charge is -2.11. The minimum Gasteiger partial charge on any atom is -0.493 e. The van der Waals surface area contributed by atoms with E-state index in [1.807, 2.05) is 0 Å². The Morgan fingerprint density at radius 1 is 1.42 bits per heavy atom. The van der Waals surface area contributed by atoms with Gasteiger partial charge in [-0.15, -0.1) is 0 Å². The Balaban J connectivity index is 1.85. The van der Waals surface area contributed by atoms with Crippen LogP contribution in [0, 0.1) is 5.92 Å². The molecule has 1 aromatic carbocycles. The number of hydrogen-bond donors (Lipinski definition) is 2. The molecule has 5 nitrogen and oxygen atoms in total. The van der Waals surface area contributed by atoms with E-state index in [1.54, 1.807) is 18.2 Å². The van der Waals surface area contributed by atoms with Gasteiger partial charge in [-0.1, -0.05) is 6.07 Å². The minimum absolute atomic E-state index is 0.0262. The highest BCUT2D eigenvalue weighted by Gasteiger charge is 2.21. The van der Waals surface area contributed by atoms with E-state index < -0.39 is 0 Å². The quantitative estimate of drug-likeness (QED) is 0.774. The van der Waals surface area contributed by atoms with Crippen molar-refractivity contribution in [3.05, 3.63) is 23.8 Å². The molecule has 1 aromatic rings. The van der Waals surface area contributed by atoms with Crippen LogP contribution in [0.5, 0.6) is 11.5 Å². The second-order valence-corrected chi connectivity index (χ2v) is 4.68. The highest BCUT2D eigenvalue weighted by atomic mass is 16.5. The van der Waals surface area contributed by atoms with Crippen LogP contribution in [0.15, 0.2) is 18.2 Å². The molecule has 19 heavy (non-hydrogen) atoms. The number of amides is 1. The van der Waals surface area contributed by atoms with Crippen molar-refractivity contribution in [1.82, 2.24) is 5.32 Å². The molecule has 0 aromatic heterocycles. The van der Waals surface area contributed by atoms with Crippen LogP contribution in [0.1, 0.15) is 18.4 Å². The summed E-state index contributed by atoms with van der Waals surface area (Å²) in [5, 5.41) is 11.9. The molecule has 5 heteroatoms. The zero-order chi connectivity index (χ0) is 13.7. The predicted octanol–water partition coefficient (Wildman–Crippen LogP) is 1.09. The fraction of sp³-hybridized carbons (Fsp3) is 0.500. The van der Waals surface area contributed by atoms with Crippen LogP contribution in [-0.2, 0) is 11.4 Å².